The number of nitrogens with one attached hydrogen (secondary N) is 1. The number of carbonyl (C=O) groups excluding carboxylic acids is 2. The van der Waals surface area contributed by atoms with Crippen LogP contribution < -0.4 is 5.32 Å². The third-order valence-corrected chi connectivity index (χ3v) is 5.81. The highest BCUT2D eigenvalue weighted by Crippen LogP contribution is 2.33. The molecule has 1 unspecified atom stereocenters. The summed E-state index contributed by atoms with van der Waals surface area (Å²) in [6, 6.07) is 18.9. The first-order valence-electron chi connectivity index (χ1n) is 8.83. The topological polar surface area (TPSA) is 62.3 Å². The summed E-state index contributed by atoms with van der Waals surface area (Å²) in [6.07, 6.45) is 0.490. The zero-order chi connectivity index (χ0) is 18.9. The fraction of sp³-hybridized carbons (Fsp3) is 0.190. The summed E-state index contributed by atoms with van der Waals surface area (Å²) in [5.74, 6) is -0.226. The number of aromatic nitrogens is 1. The molecule has 1 atom stereocenters. The van der Waals surface area contributed by atoms with E-state index in [0.717, 1.165) is 16.1 Å². The lowest BCUT2D eigenvalue weighted by molar-refractivity contribution is -0.132. The summed E-state index contributed by atoms with van der Waals surface area (Å²) in [5.41, 5.74) is 1.54. The van der Waals surface area contributed by atoms with Crippen LogP contribution in [-0.4, -0.2) is 21.8 Å². The highest BCUT2D eigenvalue weighted by Gasteiger charge is 2.51. The van der Waals surface area contributed by atoms with E-state index in [-0.39, 0.29) is 18.5 Å². The standard InChI is InChI=1S/C21H19N3O2S/c1-2-21(16-11-7-4-8-12-16)19(25)24(20(26)23-21)13-17-14-27-18(22-17)15-9-5-3-6-10-15/h3-12,14H,2,13H2,1H3,(H,23,26). The zero-order valence-corrected chi connectivity index (χ0v) is 15.7. The van der Waals surface area contributed by atoms with Gasteiger partial charge in [0.25, 0.3) is 5.91 Å². The van der Waals surface area contributed by atoms with Gasteiger partial charge in [0.05, 0.1) is 12.2 Å². The van der Waals surface area contributed by atoms with Crippen molar-refractivity contribution in [2.75, 3.05) is 0 Å². The highest BCUT2D eigenvalue weighted by molar-refractivity contribution is 7.13. The number of amides is 3. The van der Waals surface area contributed by atoms with Crippen LogP contribution in [0.5, 0.6) is 0 Å². The number of imide groups is 1. The van der Waals surface area contributed by atoms with Gasteiger partial charge in [0.15, 0.2) is 0 Å². The Morgan fingerprint density at radius 3 is 2.37 bits per heavy atom. The normalized spacial score (nSPS) is 19.4. The summed E-state index contributed by atoms with van der Waals surface area (Å²) in [4.78, 5) is 31.6. The molecule has 136 valence electrons. The zero-order valence-electron chi connectivity index (χ0n) is 14.9. The first kappa shape index (κ1) is 17.4. The molecule has 1 fully saturated rings. The number of thiazole rings is 1. The minimum Gasteiger partial charge on any atom is -0.319 e. The smallest absolute Gasteiger partial charge is 0.319 e. The van der Waals surface area contributed by atoms with Crippen LogP contribution in [0.4, 0.5) is 4.79 Å². The van der Waals surface area contributed by atoms with Gasteiger partial charge in [0.1, 0.15) is 10.5 Å². The van der Waals surface area contributed by atoms with Crippen molar-refractivity contribution in [2.45, 2.75) is 25.4 Å². The van der Waals surface area contributed by atoms with Gasteiger partial charge in [-0.1, -0.05) is 67.6 Å². The summed E-state index contributed by atoms with van der Waals surface area (Å²) in [6.45, 7) is 2.08. The molecule has 1 N–H and O–H groups in total. The van der Waals surface area contributed by atoms with E-state index >= 15 is 0 Å². The molecule has 2 heterocycles. The van der Waals surface area contributed by atoms with Gasteiger partial charge in [-0.25, -0.2) is 9.78 Å². The van der Waals surface area contributed by atoms with Crippen molar-refractivity contribution < 1.29 is 9.59 Å². The van der Waals surface area contributed by atoms with Crippen LogP contribution in [0.3, 0.4) is 0 Å². The van der Waals surface area contributed by atoms with E-state index in [1.54, 1.807) is 0 Å². The molecule has 1 saturated heterocycles. The van der Waals surface area contributed by atoms with E-state index in [4.69, 9.17) is 0 Å². The molecule has 4 rings (SSSR count). The first-order chi connectivity index (χ1) is 13.1. The number of carbonyl (C=O) groups is 2. The van der Waals surface area contributed by atoms with Gasteiger partial charge < -0.3 is 5.32 Å². The van der Waals surface area contributed by atoms with Crippen molar-refractivity contribution >= 4 is 23.3 Å². The van der Waals surface area contributed by atoms with Crippen LogP contribution >= 0.6 is 11.3 Å². The van der Waals surface area contributed by atoms with Crippen LogP contribution in [0.15, 0.2) is 66.0 Å². The second kappa shape index (κ2) is 6.96. The number of nitrogens with zero attached hydrogens (tertiary/aromatic N) is 2. The van der Waals surface area contributed by atoms with Crippen LogP contribution in [0.2, 0.25) is 0 Å². The summed E-state index contributed by atoms with van der Waals surface area (Å²) >= 11 is 1.51. The van der Waals surface area contributed by atoms with Crippen LogP contribution in [0.25, 0.3) is 10.6 Å². The Morgan fingerprint density at radius 2 is 1.70 bits per heavy atom. The van der Waals surface area contributed by atoms with Crippen molar-refractivity contribution in [3.8, 4) is 10.6 Å². The second-order valence-electron chi connectivity index (χ2n) is 6.46. The Kier molecular flexibility index (Phi) is 4.49. The molecule has 1 aliphatic heterocycles. The minimum atomic E-state index is -1.00. The Balaban J connectivity index is 1.59. The molecule has 3 aromatic rings. The third kappa shape index (κ3) is 3.02. The first-order valence-corrected chi connectivity index (χ1v) is 9.71. The third-order valence-electron chi connectivity index (χ3n) is 4.87. The van der Waals surface area contributed by atoms with Gasteiger partial charge in [-0.15, -0.1) is 11.3 Å². The number of hydrogen-bond acceptors (Lipinski definition) is 4. The lowest BCUT2D eigenvalue weighted by atomic mass is 9.87. The minimum absolute atomic E-state index is 0.169. The summed E-state index contributed by atoms with van der Waals surface area (Å²) < 4.78 is 0. The molecule has 2 aromatic carbocycles. The number of hydrogen-bond donors (Lipinski definition) is 1. The molecule has 0 spiro atoms. The number of rotatable bonds is 5. The van der Waals surface area contributed by atoms with Crippen molar-refractivity contribution in [1.82, 2.24) is 15.2 Å². The molecule has 0 bridgehead atoms. The molecule has 6 heteroatoms. The molecule has 3 amide bonds. The lowest BCUT2D eigenvalue weighted by Gasteiger charge is -2.25. The van der Waals surface area contributed by atoms with Gasteiger partial charge in [-0.3, -0.25) is 9.69 Å². The second-order valence-corrected chi connectivity index (χ2v) is 7.31. The monoisotopic (exact) mass is 377 g/mol. The van der Waals surface area contributed by atoms with Crippen LogP contribution in [0, 0.1) is 0 Å². The van der Waals surface area contributed by atoms with E-state index in [2.05, 4.69) is 10.3 Å². The Labute approximate surface area is 161 Å². The molecule has 1 aromatic heterocycles. The summed E-state index contributed by atoms with van der Waals surface area (Å²) in [7, 11) is 0. The fourth-order valence-electron chi connectivity index (χ4n) is 3.39. The van der Waals surface area contributed by atoms with Crippen molar-refractivity contribution in [1.29, 1.82) is 0 Å². The molecule has 0 saturated carbocycles. The molecule has 0 aliphatic carbocycles. The maximum atomic E-state index is 13.2. The van der Waals surface area contributed by atoms with Gasteiger partial charge in [-0.2, -0.15) is 0 Å². The van der Waals surface area contributed by atoms with Gasteiger partial charge >= 0.3 is 6.03 Å². The number of urea groups is 1. The SMILES string of the molecule is CCC1(c2ccccc2)NC(=O)N(Cc2csc(-c3ccccc3)n2)C1=O. The predicted molar refractivity (Wildman–Crippen MR) is 105 cm³/mol. The van der Waals surface area contributed by atoms with Gasteiger partial charge in [0, 0.05) is 10.9 Å². The Bertz CT molecular complexity index is 971. The molecule has 27 heavy (non-hydrogen) atoms. The average Bonchev–Trinajstić information content (AvgIpc) is 3.28. The van der Waals surface area contributed by atoms with Crippen molar-refractivity contribution in [3.05, 3.63) is 77.3 Å². The van der Waals surface area contributed by atoms with E-state index < -0.39 is 5.54 Å². The highest BCUT2D eigenvalue weighted by atomic mass is 32.1. The van der Waals surface area contributed by atoms with Crippen molar-refractivity contribution in [2.24, 2.45) is 0 Å². The maximum absolute atomic E-state index is 13.2. The van der Waals surface area contributed by atoms with Gasteiger partial charge in [-0.05, 0) is 12.0 Å². The fourth-order valence-corrected chi connectivity index (χ4v) is 4.20. The van der Waals surface area contributed by atoms with Crippen LogP contribution in [0.1, 0.15) is 24.6 Å². The van der Waals surface area contributed by atoms with E-state index in [1.807, 2.05) is 73.0 Å². The largest absolute Gasteiger partial charge is 0.325 e. The number of benzene rings is 2. The molecule has 1 aliphatic rings. The maximum Gasteiger partial charge on any atom is 0.325 e. The Hall–Kier alpha value is -2.99. The molecular formula is C21H19N3O2S. The van der Waals surface area contributed by atoms with E-state index in [0.29, 0.717) is 12.1 Å². The molecular weight excluding hydrogens is 358 g/mol. The van der Waals surface area contributed by atoms with Crippen LogP contribution in [-0.2, 0) is 16.9 Å². The molecule has 5 nitrogen and oxygen atoms in total. The quantitative estimate of drug-likeness (QED) is 0.679. The van der Waals surface area contributed by atoms with Gasteiger partial charge in [0.2, 0.25) is 0 Å². The van der Waals surface area contributed by atoms with Crippen molar-refractivity contribution in [3.63, 3.8) is 0 Å². The lowest BCUT2D eigenvalue weighted by Crippen LogP contribution is -2.43. The van der Waals surface area contributed by atoms with E-state index in [9.17, 15) is 9.59 Å². The van der Waals surface area contributed by atoms with E-state index in [1.165, 1.54) is 16.2 Å². The molecule has 0 radical (unpaired) electrons. The average molecular weight is 377 g/mol. The Morgan fingerprint density at radius 1 is 1.04 bits per heavy atom. The predicted octanol–water partition coefficient (Wildman–Crippen LogP) is 4.17. The summed E-state index contributed by atoms with van der Waals surface area (Å²) in [5, 5.41) is 5.68.